The normalized spacial score (nSPS) is 21.8. The second-order valence-corrected chi connectivity index (χ2v) is 10.1. The van der Waals surface area contributed by atoms with Crippen LogP contribution in [0.3, 0.4) is 0 Å². The zero-order chi connectivity index (χ0) is 31.6. The number of nitrogens with zero attached hydrogens (tertiary/aromatic N) is 3. The molecule has 230 valence electrons. The van der Waals surface area contributed by atoms with Gasteiger partial charge in [0.15, 0.2) is 6.33 Å². The van der Waals surface area contributed by atoms with E-state index in [0.29, 0.717) is 10.7 Å². The number of aliphatic hydroxyl groups is 2. The van der Waals surface area contributed by atoms with Crippen LogP contribution in [0.4, 0.5) is 24.8 Å². The van der Waals surface area contributed by atoms with Crippen molar-refractivity contribution in [1.82, 2.24) is 14.5 Å². The first-order valence-electron chi connectivity index (χ1n) is 11.2. The summed E-state index contributed by atoms with van der Waals surface area (Å²) in [6.45, 7) is -1.15. The number of carboxylic acids is 1. The van der Waals surface area contributed by atoms with Crippen LogP contribution >= 0.6 is 19.4 Å². The molecule has 2 aromatic heterocycles. The Morgan fingerprint density at radius 2 is 1.88 bits per heavy atom. The number of fused-ring (bicyclic) bond motifs is 1. The minimum atomic E-state index is -5.11. The van der Waals surface area contributed by atoms with Crippen LogP contribution in [0.1, 0.15) is 6.23 Å². The fourth-order valence-electron chi connectivity index (χ4n) is 3.63. The number of carbonyl (C=O) groups excluding carboxylic acids is 1. The van der Waals surface area contributed by atoms with Crippen LogP contribution in [0, 0.1) is 0 Å². The maximum atomic E-state index is 12.6. The molecule has 1 amide bonds. The Bertz CT molecular complexity index is 1560. The number of H-pyrrole nitrogens is 1. The van der Waals surface area contributed by atoms with E-state index >= 15 is 0 Å². The summed E-state index contributed by atoms with van der Waals surface area (Å²) in [4.78, 5) is 60.2. The summed E-state index contributed by atoms with van der Waals surface area (Å²) >= 11 is 5.84. The average Bonchev–Trinajstić information content (AvgIpc) is 3.35. The SMILES string of the molecule is Nc1nc2c(c(=O)[nH]1)n(CC(=O)Nc1ccc(Cl)cc1)c[n+]2[C@@H]1O[C@H](COP(=O)([O-])O)[C@@H](O)[C@H]1O.O=C(O)C(F)(F)F. The topological polar surface area (TPSA) is 266 Å². The van der Waals surface area contributed by atoms with Crippen molar-refractivity contribution in [3.05, 3.63) is 46.0 Å². The van der Waals surface area contributed by atoms with Gasteiger partial charge in [0, 0.05) is 10.7 Å². The average molecular weight is 645 g/mol. The number of phosphoric acid groups is 1. The van der Waals surface area contributed by atoms with Crippen molar-refractivity contribution in [2.45, 2.75) is 37.3 Å². The third-order valence-corrected chi connectivity index (χ3v) is 6.12. The summed E-state index contributed by atoms with van der Waals surface area (Å²) in [5, 5.41) is 31.0. The molecule has 1 aliphatic heterocycles. The second kappa shape index (κ2) is 12.7. The van der Waals surface area contributed by atoms with E-state index in [4.69, 9.17) is 36.9 Å². The van der Waals surface area contributed by atoms with Crippen LogP contribution < -0.4 is 26.1 Å². The molecule has 1 aliphatic rings. The number of aliphatic carboxylic acids is 1. The molecule has 1 saturated heterocycles. The van der Waals surface area contributed by atoms with Crippen molar-refractivity contribution < 1.29 is 66.3 Å². The molecule has 0 bridgehead atoms. The molecular weight excluding hydrogens is 624 g/mol. The Balaban J connectivity index is 0.000000616. The number of carbonyl (C=O) groups is 2. The lowest BCUT2D eigenvalue weighted by Gasteiger charge is -2.19. The standard InChI is InChI=1S/C18H20ClN6O9P.C2HF3O2/c19-8-1-3-9(4-2-8)21-11(26)5-24-7-25(15-12(24)16(29)23-18(20)22-15)17-14(28)13(27)10(34-17)6-33-35(30,31)32;3-2(4,5)1(6)7/h1-4,7,10,13-14,17,27-28H,5-6H2,(H5-,20,21,22,23,26,29,30,31,32);(H,6,7)/t10-,13-,14-,17-;/m1./s1. The molecule has 0 spiro atoms. The third-order valence-electron chi connectivity index (χ3n) is 5.39. The van der Waals surface area contributed by atoms with Gasteiger partial charge in [-0.3, -0.25) is 19.1 Å². The van der Waals surface area contributed by atoms with Gasteiger partial charge in [0.25, 0.3) is 25.2 Å². The first kappa shape index (κ1) is 32.9. The minimum absolute atomic E-state index is 0.0833. The zero-order valence-electron chi connectivity index (χ0n) is 20.6. The highest BCUT2D eigenvalue weighted by atomic mass is 35.5. The highest BCUT2D eigenvalue weighted by Crippen LogP contribution is 2.34. The molecule has 1 fully saturated rings. The van der Waals surface area contributed by atoms with Gasteiger partial charge in [-0.15, -0.1) is 0 Å². The number of phosphoric ester groups is 1. The largest absolute Gasteiger partial charge is 0.756 e. The van der Waals surface area contributed by atoms with Gasteiger partial charge in [-0.1, -0.05) is 16.6 Å². The van der Waals surface area contributed by atoms with Gasteiger partial charge in [0.1, 0.15) is 24.9 Å². The van der Waals surface area contributed by atoms with Gasteiger partial charge in [0.2, 0.25) is 11.7 Å². The van der Waals surface area contributed by atoms with E-state index in [9.17, 15) is 42.4 Å². The van der Waals surface area contributed by atoms with E-state index in [1.54, 1.807) is 24.3 Å². The quantitative estimate of drug-likeness (QED) is 0.116. The van der Waals surface area contributed by atoms with Gasteiger partial charge < -0.3 is 45.4 Å². The first-order chi connectivity index (χ1) is 19.4. The van der Waals surface area contributed by atoms with Crippen molar-refractivity contribution in [1.29, 1.82) is 0 Å². The van der Waals surface area contributed by atoms with Crippen LogP contribution in [0.2, 0.25) is 5.02 Å². The Morgan fingerprint density at radius 1 is 1.29 bits per heavy atom. The zero-order valence-corrected chi connectivity index (χ0v) is 22.3. The predicted molar refractivity (Wildman–Crippen MR) is 130 cm³/mol. The maximum absolute atomic E-state index is 12.6. The number of halogens is 4. The number of amides is 1. The highest BCUT2D eigenvalue weighted by molar-refractivity contribution is 7.44. The lowest BCUT2D eigenvalue weighted by molar-refractivity contribution is -0.745. The molecule has 5 atom stereocenters. The van der Waals surface area contributed by atoms with E-state index in [1.165, 1.54) is 15.5 Å². The number of aliphatic hydroxyl groups excluding tert-OH is 2. The molecule has 0 radical (unpaired) electrons. The predicted octanol–water partition coefficient (Wildman–Crippen LogP) is -1.38. The number of nitrogens with one attached hydrogen (secondary N) is 2. The lowest BCUT2D eigenvalue weighted by Crippen LogP contribution is -2.46. The van der Waals surface area contributed by atoms with Crippen LogP contribution in [0.25, 0.3) is 11.2 Å². The van der Waals surface area contributed by atoms with Crippen LogP contribution in [-0.2, 0) is 30.0 Å². The summed E-state index contributed by atoms with van der Waals surface area (Å²) in [5.74, 6) is -3.53. The molecule has 1 unspecified atom stereocenters. The summed E-state index contributed by atoms with van der Waals surface area (Å²) in [5.41, 5.74) is 5.25. The lowest BCUT2D eigenvalue weighted by atomic mass is 10.1. The Kier molecular flexibility index (Phi) is 9.96. The van der Waals surface area contributed by atoms with Crippen LogP contribution in [-0.4, -0.2) is 77.7 Å². The molecule has 8 N–H and O–H groups in total. The number of aromatic nitrogens is 4. The van der Waals surface area contributed by atoms with E-state index < -0.39 is 62.6 Å². The number of hydrogen-bond acceptors (Lipinski definition) is 11. The molecule has 0 saturated carbocycles. The minimum Gasteiger partial charge on any atom is -0.756 e. The number of benzene rings is 1. The number of alkyl halides is 3. The van der Waals surface area contributed by atoms with Crippen molar-refractivity contribution >= 4 is 54.1 Å². The fraction of sp³-hybridized carbons (Fsp3) is 0.350. The monoisotopic (exact) mass is 644 g/mol. The molecule has 42 heavy (non-hydrogen) atoms. The molecule has 3 heterocycles. The molecular formula is C20H21ClF3N6O11P. The molecule has 17 nitrogen and oxygen atoms in total. The number of ether oxygens (including phenoxy) is 1. The van der Waals surface area contributed by atoms with Gasteiger partial charge in [-0.25, -0.2) is 13.9 Å². The van der Waals surface area contributed by atoms with E-state index in [1.807, 2.05) is 0 Å². The van der Waals surface area contributed by atoms with E-state index in [-0.39, 0.29) is 23.7 Å². The highest BCUT2D eigenvalue weighted by Gasteiger charge is 2.47. The molecule has 0 aliphatic carbocycles. The Morgan fingerprint density at radius 3 is 2.43 bits per heavy atom. The fourth-order valence-corrected chi connectivity index (χ4v) is 4.09. The van der Waals surface area contributed by atoms with Crippen LogP contribution in [0.5, 0.6) is 0 Å². The van der Waals surface area contributed by atoms with E-state index in [0.717, 1.165) is 0 Å². The number of carboxylic acid groups (broad SMARTS) is 1. The second-order valence-electron chi connectivity index (χ2n) is 8.44. The molecule has 1 aromatic carbocycles. The van der Waals surface area contributed by atoms with Crippen molar-refractivity contribution in [2.75, 3.05) is 17.7 Å². The van der Waals surface area contributed by atoms with E-state index in [2.05, 4.69) is 19.8 Å². The summed E-state index contributed by atoms with van der Waals surface area (Å²) < 4.78 is 54.8. The van der Waals surface area contributed by atoms with Gasteiger partial charge in [0.05, 0.1) is 6.61 Å². The van der Waals surface area contributed by atoms with Gasteiger partial charge >= 0.3 is 17.8 Å². The Labute approximate surface area is 236 Å². The number of imidazole rings is 1. The van der Waals surface area contributed by atoms with Crippen LogP contribution in [0.15, 0.2) is 35.4 Å². The van der Waals surface area contributed by atoms with Crippen molar-refractivity contribution in [3.8, 4) is 0 Å². The van der Waals surface area contributed by atoms with Crippen molar-refractivity contribution in [3.63, 3.8) is 0 Å². The summed E-state index contributed by atoms with van der Waals surface area (Å²) in [6.07, 6.45) is -9.81. The van der Waals surface area contributed by atoms with Gasteiger partial charge in [-0.2, -0.15) is 13.2 Å². The number of hydrogen-bond donors (Lipinski definition) is 7. The number of rotatable bonds is 7. The Hall–Kier alpha value is -3.62. The molecule has 3 aromatic rings. The maximum Gasteiger partial charge on any atom is 0.490 e. The summed E-state index contributed by atoms with van der Waals surface area (Å²) in [6, 6.07) is 6.34. The number of anilines is 2. The molecule has 22 heteroatoms. The molecule has 4 rings (SSSR count). The number of nitrogens with two attached hydrogens (primary N) is 1. The smallest absolute Gasteiger partial charge is 0.490 e. The first-order valence-corrected chi connectivity index (χ1v) is 13.1. The summed E-state index contributed by atoms with van der Waals surface area (Å²) in [7, 11) is -5.11. The van der Waals surface area contributed by atoms with Crippen molar-refractivity contribution in [2.24, 2.45) is 0 Å². The number of nitrogen functional groups attached to an aromatic ring is 1. The third kappa shape index (κ3) is 8.23. The van der Waals surface area contributed by atoms with Gasteiger partial charge in [-0.05, 0) is 24.3 Å². The number of aromatic amines is 1.